The molecule has 98 valence electrons. The zero-order valence-electron chi connectivity index (χ0n) is 9.91. The van der Waals surface area contributed by atoms with E-state index in [0.29, 0.717) is 23.9 Å². The number of hydrogen-bond donors (Lipinski definition) is 1. The first-order valence-electron chi connectivity index (χ1n) is 5.83. The molecule has 0 radical (unpaired) electrons. The summed E-state index contributed by atoms with van der Waals surface area (Å²) in [6.45, 7) is 0.691. The van der Waals surface area contributed by atoms with E-state index >= 15 is 0 Å². The summed E-state index contributed by atoms with van der Waals surface area (Å²) in [5.41, 5.74) is 1.00. The molecule has 5 nitrogen and oxygen atoms in total. The number of amides is 1. The van der Waals surface area contributed by atoms with Crippen molar-refractivity contribution in [3.05, 3.63) is 41.0 Å². The first-order valence-corrected chi connectivity index (χ1v) is 6.21. The first-order chi connectivity index (χ1) is 9.13. The fourth-order valence-electron chi connectivity index (χ4n) is 1.94. The highest BCUT2D eigenvalue weighted by atomic mass is 35.5. The summed E-state index contributed by atoms with van der Waals surface area (Å²) in [6.07, 6.45) is -0.428. The molecule has 1 aromatic heterocycles. The van der Waals surface area contributed by atoms with E-state index in [-0.39, 0.29) is 11.6 Å². The van der Waals surface area contributed by atoms with Gasteiger partial charge in [0, 0.05) is 29.7 Å². The number of hydrogen-bond acceptors (Lipinski definition) is 4. The monoisotopic (exact) mass is 278 g/mol. The van der Waals surface area contributed by atoms with E-state index in [9.17, 15) is 9.90 Å². The second-order valence-electron chi connectivity index (χ2n) is 4.45. The van der Waals surface area contributed by atoms with Gasteiger partial charge in [-0.2, -0.15) is 0 Å². The molecule has 2 heterocycles. The van der Waals surface area contributed by atoms with Crippen LogP contribution in [0, 0.1) is 0 Å². The van der Waals surface area contributed by atoms with Gasteiger partial charge in [-0.1, -0.05) is 28.9 Å². The summed E-state index contributed by atoms with van der Waals surface area (Å²) < 4.78 is 5.15. The molecular weight excluding hydrogens is 268 g/mol. The normalized spacial score (nSPS) is 15.4. The lowest BCUT2D eigenvalue weighted by atomic mass is 10.1. The van der Waals surface area contributed by atoms with Crippen molar-refractivity contribution in [2.24, 2.45) is 0 Å². The van der Waals surface area contributed by atoms with E-state index < -0.39 is 6.10 Å². The molecule has 3 rings (SSSR count). The smallest absolute Gasteiger partial charge is 0.276 e. The summed E-state index contributed by atoms with van der Waals surface area (Å²) in [7, 11) is 0. The molecule has 0 atom stereocenters. The van der Waals surface area contributed by atoms with Crippen LogP contribution < -0.4 is 0 Å². The Morgan fingerprint density at radius 1 is 1.42 bits per heavy atom. The number of aliphatic hydroxyl groups is 1. The third-order valence-electron chi connectivity index (χ3n) is 2.99. The van der Waals surface area contributed by atoms with Gasteiger partial charge in [-0.3, -0.25) is 4.79 Å². The molecule has 0 spiro atoms. The maximum Gasteiger partial charge on any atom is 0.276 e. The average Bonchev–Trinajstić information content (AvgIpc) is 2.84. The molecular formula is C13H11ClN2O3. The van der Waals surface area contributed by atoms with Crippen LogP contribution in [-0.4, -0.2) is 40.3 Å². The highest BCUT2D eigenvalue weighted by Gasteiger charge is 2.31. The zero-order valence-corrected chi connectivity index (χ0v) is 10.7. The lowest BCUT2D eigenvalue weighted by Gasteiger charge is -2.35. The van der Waals surface area contributed by atoms with Gasteiger partial charge in [0.15, 0.2) is 11.5 Å². The molecule has 0 unspecified atom stereocenters. The largest absolute Gasteiger partial charge is 0.389 e. The van der Waals surface area contributed by atoms with Crippen LogP contribution in [0.5, 0.6) is 0 Å². The molecule has 1 saturated heterocycles. The average molecular weight is 279 g/mol. The van der Waals surface area contributed by atoms with E-state index in [1.165, 1.54) is 4.90 Å². The van der Waals surface area contributed by atoms with E-state index in [1.807, 2.05) is 6.07 Å². The van der Waals surface area contributed by atoms with Crippen LogP contribution >= 0.6 is 11.6 Å². The van der Waals surface area contributed by atoms with Crippen LogP contribution in [0.2, 0.25) is 5.02 Å². The number of carbonyl (C=O) groups is 1. The molecule has 1 aliphatic heterocycles. The van der Waals surface area contributed by atoms with Crippen LogP contribution in [0.3, 0.4) is 0 Å². The molecule has 1 fully saturated rings. The van der Waals surface area contributed by atoms with Crippen molar-refractivity contribution in [3.63, 3.8) is 0 Å². The van der Waals surface area contributed by atoms with Gasteiger partial charge in [0.05, 0.1) is 6.10 Å². The van der Waals surface area contributed by atoms with Gasteiger partial charge in [-0.25, -0.2) is 0 Å². The van der Waals surface area contributed by atoms with Crippen molar-refractivity contribution in [2.45, 2.75) is 6.10 Å². The van der Waals surface area contributed by atoms with Crippen LogP contribution in [0.4, 0.5) is 0 Å². The van der Waals surface area contributed by atoms with Gasteiger partial charge in [0.1, 0.15) is 0 Å². The minimum atomic E-state index is -0.428. The maximum atomic E-state index is 12.0. The van der Waals surface area contributed by atoms with Gasteiger partial charge in [-0.05, 0) is 12.1 Å². The number of rotatable bonds is 2. The number of nitrogens with zero attached hydrogens (tertiary/aromatic N) is 2. The maximum absolute atomic E-state index is 12.0. The Kier molecular flexibility index (Phi) is 3.00. The van der Waals surface area contributed by atoms with Gasteiger partial charge in [0.25, 0.3) is 5.91 Å². The van der Waals surface area contributed by atoms with Crippen molar-refractivity contribution >= 4 is 17.5 Å². The Morgan fingerprint density at radius 2 is 2.21 bits per heavy atom. The second kappa shape index (κ2) is 4.68. The summed E-state index contributed by atoms with van der Waals surface area (Å²) >= 11 is 5.90. The molecule has 0 saturated carbocycles. The van der Waals surface area contributed by atoms with Crippen molar-refractivity contribution in [2.75, 3.05) is 13.1 Å². The second-order valence-corrected chi connectivity index (χ2v) is 4.89. The molecule has 0 bridgehead atoms. The van der Waals surface area contributed by atoms with Gasteiger partial charge < -0.3 is 14.5 Å². The van der Waals surface area contributed by atoms with Crippen LogP contribution in [0.15, 0.2) is 34.9 Å². The van der Waals surface area contributed by atoms with E-state index in [1.54, 1.807) is 24.3 Å². The highest BCUT2D eigenvalue weighted by Crippen LogP contribution is 2.24. The summed E-state index contributed by atoms with van der Waals surface area (Å²) in [5, 5.41) is 13.5. The summed E-state index contributed by atoms with van der Waals surface area (Å²) in [5.74, 6) is 0.259. The fraction of sp³-hybridized carbons (Fsp3) is 0.231. The van der Waals surface area contributed by atoms with Crippen LogP contribution in [0.25, 0.3) is 11.3 Å². The standard InChI is InChI=1S/C13H11ClN2O3/c14-9-3-1-2-8(4-9)12-5-11(15-19-12)13(18)16-6-10(17)7-16/h1-5,10,17H,6-7H2. The Bertz CT molecular complexity index is 620. The van der Waals surface area contributed by atoms with E-state index in [0.717, 1.165) is 5.56 Å². The van der Waals surface area contributed by atoms with Crippen molar-refractivity contribution in [1.29, 1.82) is 0 Å². The molecule has 2 aromatic rings. The number of carbonyl (C=O) groups excluding carboxylic acids is 1. The quantitative estimate of drug-likeness (QED) is 0.910. The topological polar surface area (TPSA) is 66.6 Å². The van der Waals surface area contributed by atoms with Crippen LogP contribution in [0.1, 0.15) is 10.5 Å². The van der Waals surface area contributed by atoms with Crippen LogP contribution in [-0.2, 0) is 0 Å². The molecule has 1 aliphatic rings. The Labute approximate surface area is 114 Å². The molecule has 1 amide bonds. The van der Waals surface area contributed by atoms with Crippen molar-refractivity contribution < 1.29 is 14.4 Å². The SMILES string of the molecule is O=C(c1cc(-c2cccc(Cl)c2)on1)N1CC(O)C1. The number of β-amino-alcohol motifs (C(OH)–C–C–N with tert-alkyl or cyclic N) is 1. The van der Waals surface area contributed by atoms with Crippen molar-refractivity contribution in [1.82, 2.24) is 10.1 Å². The highest BCUT2D eigenvalue weighted by molar-refractivity contribution is 6.30. The molecule has 1 N–H and O–H groups in total. The predicted molar refractivity (Wildman–Crippen MR) is 68.9 cm³/mol. The first kappa shape index (κ1) is 12.2. The summed E-state index contributed by atoms with van der Waals surface area (Å²) in [4.78, 5) is 13.5. The van der Waals surface area contributed by atoms with Crippen molar-refractivity contribution in [3.8, 4) is 11.3 Å². The minimum absolute atomic E-state index is 0.234. The molecule has 0 aliphatic carbocycles. The third kappa shape index (κ3) is 2.34. The number of aliphatic hydroxyl groups excluding tert-OH is 1. The lowest BCUT2D eigenvalue weighted by Crippen LogP contribution is -2.53. The van der Waals surface area contributed by atoms with Gasteiger partial charge in [-0.15, -0.1) is 0 Å². The Morgan fingerprint density at radius 3 is 2.89 bits per heavy atom. The van der Waals surface area contributed by atoms with E-state index in [2.05, 4.69) is 5.16 Å². The van der Waals surface area contributed by atoms with Gasteiger partial charge >= 0.3 is 0 Å². The summed E-state index contributed by atoms with van der Waals surface area (Å²) in [6, 6.07) is 8.71. The zero-order chi connectivity index (χ0) is 13.4. The molecule has 1 aromatic carbocycles. The van der Waals surface area contributed by atoms with Gasteiger partial charge in [0.2, 0.25) is 0 Å². The Hall–Kier alpha value is -1.85. The number of likely N-dealkylation sites (tertiary alicyclic amines) is 1. The number of benzene rings is 1. The Balaban J connectivity index is 1.81. The molecule has 6 heteroatoms. The molecule has 19 heavy (non-hydrogen) atoms. The third-order valence-corrected chi connectivity index (χ3v) is 3.22. The number of halogens is 1. The van der Waals surface area contributed by atoms with E-state index in [4.69, 9.17) is 16.1 Å². The fourth-order valence-corrected chi connectivity index (χ4v) is 2.13. The minimum Gasteiger partial charge on any atom is -0.389 e. The lowest BCUT2D eigenvalue weighted by molar-refractivity contribution is 0.00525. The number of aromatic nitrogens is 1. The predicted octanol–water partition coefficient (Wildman–Crippen LogP) is 1.81.